The molecule has 6 heteroatoms. The summed E-state index contributed by atoms with van der Waals surface area (Å²) in [5.41, 5.74) is 3.57. The summed E-state index contributed by atoms with van der Waals surface area (Å²) in [6.45, 7) is 7.44. The van der Waals surface area contributed by atoms with E-state index in [0.717, 1.165) is 22.3 Å². The van der Waals surface area contributed by atoms with Crippen LogP contribution in [0.1, 0.15) is 22.3 Å². The van der Waals surface area contributed by atoms with Gasteiger partial charge in [0, 0.05) is 0 Å². The van der Waals surface area contributed by atoms with Gasteiger partial charge in [-0.2, -0.15) is 0 Å². The molecular weight excluding hydrogens is 294 g/mol. The second-order valence-electron chi connectivity index (χ2n) is 5.17. The third kappa shape index (κ3) is 4.93. The summed E-state index contributed by atoms with van der Waals surface area (Å²) in [6, 6.07) is 10.5. The summed E-state index contributed by atoms with van der Waals surface area (Å²) in [5.74, 6) is 0.562. The van der Waals surface area contributed by atoms with Crippen LogP contribution in [-0.4, -0.2) is 0 Å². The number of benzene rings is 2. The van der Waals surface area contributed by atoms with Crippen molar-refractivity contribution in [3.63, 3.8) is 0 Å². The van der Waals surface area contributed by atoms with Gasteiger partial charge >= 0.3 is 26.7 Å². The SMILES string of the molecule is Cc1ccc(OP(=O)([O-])Oc2ccc(C)cc2C)c(C)c1.[Li+]. The van der Waals surface area contributed by atoms with E-state index in [1.807, 2.05) is 26.0 Å². The van der Waals surface area contributed by atoms with Crippen LogP contribution < -0.4 is 32.8 Å². The predicted molar refractivity (Wildman–Crippen MR) is 80.7 cm³/mol. The van der Waals surface area contributed by atoms with Gasteiger partial charge in [0.1, 0.15) is 11.5 Å². The van der Waals surface area contributed by atoms with Crippen molar-refractivity contribution in [1.29, 1.82) is 0 Å². The fourth-order valence-electron chi connectivity index (χ4n) is 2.06. The van der Waals surface area contributed by atoms with Crippen LogP contribution in [0, 0.1) is 27.7 Å². The number of aryl methyl sites for hydroxylation is 4. The van der Waals surface area contributed by atoms with Gasteiger partial charge in [-0.15, -0.1) is 0 Å². The Kier molecular flexibility index (Phi) is 6.35. The Hall–Kier alpha value is -1.17. The molecule has 0 saturated heterocycles. The Labute approximate surface area is 143 Å². The average molecular weight is 312 g/mol. The minimum Gasteiger partial charge on any atom is -0.736 e. The van der Waals surface area contributed by atoms with Gasteiger partial charge in [0.15, 0.2) is 0 Å². The maximum absolute atomic E-state index is 12.0. The molecule has 0 radical (unpaired) electrons. The monoisotopic (exact) mass is 312 g/mol. The van der Waals surface area contributed by atoms with Gasteiger partial charge < -0.3 is 13.9 Å². The molecule has 0 atom stereocenters. The third-order valence-electron chi connectivity index (χ3n) is 3.08. The number of hydrogen-bond donors (Lipinski definition) is 0. The molecule has 0 amide bonds. The molecule has 0 N–H and O–H groups in total. The van der Waals surface area contributed by atoms with Crippen LogP contribution in [0.15, 0.2) is 36.4 Å². The minimum atomic E-state index is -4.47. The summed E-state index contributed by atoms with van der Waals surface area (Å²) in [6.07, 6.45) is 0. The number of rotatable bonds is 4. The van der Waals surface area contributed by atoms with E-state index in [0.29, 0.717) is 0 Å². The van der Waals surface area contributed by atoms with Crippen molar-refractivity contribution in [3.05, 3.63) is 58.7 Å². The number of phosphoric ester groups is 1. The Bertz CT molecular complexity index is 658. The number of hydrogen-bond acceptors (Lipinski definition) is 4. The maximum atomic E-state index is 12.0. The van der Waals surface area contributed by atoms with E-state index < -0.39 is 7.82 Å². The standard InChI is InChI=1S/C16H19O4P.Li/c1-11-5-7-15(13(3)9-11)19-21(17,18)20-16-8-6-12(2)10-14(16)4;/h5-10H,1-4H3,(H,17,18);/q;+1/p-1. The van der Waals surface area contributed by atoms with Gasteiger partial charge in [0.05, 0.1) is 0 Å². The Morgan fingerprint density at radius 3 is 1.50 bits per heavy atom. The smallest absolute Gasteiger partial charge is 0.736 e. The van der Waals surface area contributed by atoms with Gasteiger partial charge in [0.2, 0.25) is 0 Å². The first-order chi connectivity index (χ1) is 9.77. The summed E-state index contributed by atoms with van der Waals surface area (Å²) in [7, 11) is -4.47. The summed E-state index contributed by atoms with van der Waals surface area (Å²) >= 11 is 0. The molecule has 0 saturated carbocycles. The Morgan fingerprint density at radius 1 is 0.818 bits per heavy atom. The van der Waals surface area contributed by atoms with Crippen LogP contribution in [0.2, 0.25) is 0 Å². The van der Waals surface area contributed by atoms with E-state index in [-0.39, 0.29) is 30.4 Å². The van der Waals surface area contributed by atoms with E-state index in [9.17, 15) is 9.46 Å². The van der Waals surface area contributed by atoms with E-state index in [1.165, 1.54) is 0 Å². The van der Waals surface area contributed by atoms with Gasteiger partial charge in [-0.1, -0.05) is 35.4 Å². The topological polar surface area (TPSA) is 58.6 Å². The van der Waals surface area contributed by atoms with Gasteiger partial charge in [-0.3, -0.25) is 0 Å². The largest absolute Gasteiger partial charge is 1.00 e. The van der Waals surface area contributed by atoms with Crippen molar-refractivity contribution in [1.82, 2.24) is 0 Å². The molecule has 0 aliphatic rings. The zero-order valence-electron chi connectivity index (χ0n) is 13.5. The molecule has 4 nitrogen and oxygen atoms in total. The molecule has 0 aliphatic carbocycles. The number of phosphoric acid groups is 1. The molecule has 2 rings (SSSR count). The first-order valence-corrected chi connectivity index (χ1v) is 8.08. The quantitative estimate of drug-likeness (QED) is 0.620. The normalized spacial score (nSPS) is 10.8. The van der Waals surface area contributed by atoms with Crippen molar-refractivity contribution in [2.45, 2.75) is 27.7 Å². The molecule has 2 aromatic rings. The molecule has 22 heavy (non-hydrogen) atoms. The fraction of sp³-hybridized carbons (Fsp3) is 0.250. The van der Waals surface area contributed by atoms with Gasteiger partial charge in [-0.05, 0) is 51.0 Å². The third-order valence-corrected chi connectivity index (χ3v) is 3.92. The Balaban J connectivity index is 0.00000242. The second-order valence-corrected chi connectivity index (χ2v) is 6.43. The van der Waals surface area contributed by atoms with Crippen molar-refractivity contribution in [3.8, 4) is 11.5 Å². The summed E-state index contributed by atoms with van der Waals surface area (Å²) < 4.78 is 22.1. The Morgan fingerprint density at radius 2 is 1.18 bits per heavy atom. The van der Waals surface area contributed by atoms with Gasteiger partial charge in [0.25, 0.3) is 0 Å². The molecule has 0 unspecified atom stereocenters. The first kappa shape index (κ1) is 18.9. The first-order valence-electron chi connectivity index (χ1n) is 6.61. The average Bonchev–Trinajstić information content (AvgIpc) is 2.36. The van der Waals surface area contributed by atoms with Crippen molar-refractivity contribution >= 4 is 7.82 Å². The van der Waals surface area contributed by atoms with E-state index in [1.54, 1.807) is 38.1 Å². The van der Waals surface area contributed by atoms with Gasteiger partial charge in [-0.25, -0.2) is 4.57 Å². The second kappa shape index (κ2) is 7.40. The van der Waals surface area contributed by atoms with E-state index in [4.69, 9.17) is 9.05 Å². The van der Waals surface area contributed by atoms with Crippen LogP contribution in [0.5, 0.6) is 11.5 Å². The molecule has 0 bridgehead atoms. The molecule has 0 spiro atoms. The van der Waals surface area contributed by atoms with Crippen LogP contribution >= 0.6 is 7.82 Å². The van der Waals surface area contributed by atoms with E-state index in [2.05, 4.69) is 0 Å². The molecule has 0 fully saturated rings. The minimum absolute atomic E-state index is 0. The summed E-state index contributed by atoms with van der Waals surface area (Å²) in [4.78, 5) is 12.0. The van der Waals surface area contributed by atoms with E-state index >= 15 is 0 Å². The van der Waals surface area contributed by atoms with Crippen molar-refractivity contribution < 1.29 is 37.4 Å². The molecular formula is C16H18LiO4P. The van der Waals surface area contributed by atoms with Crippen molar-refractivity contribution in [2.75, 3.05) is 0 Å². The zero-order chi connectivity index (χ0) is 15.6. The predicted octanol–water partition coefficient (Wildman–Crippen LogP) is 0.850. The molecule has 0 aromatic heterocycles. The van der Waals surface area contributed by atoms with Crippen molar-refractivity contribution in [2.24, 2.45) is 0 Å². The van der Waals surface area contributed by atoms with Crippen LogP contribution in [-0.2, 0) is 4.57 Å². The molecule has 112 valence electrons. The summed E-state index contributed by atoms with van der Waals surface area (Å²) in [5, 5.41) is 0. The zero-order valence-corrected chi connectivity index (χ0v) is 14.4. The molecule has 2 aromatic carbocycles. The maximum Gasteiger partial charge on any atom is 1.00 e. The van der Waals surface area contributed by atoms with Crippen LogP contribution in [0.25, 0.3) is 0 Å². The molecule has 0 heterocycles. The fourth-order valence-corrected chi connectivity index (χ4v) is 2.99. The molecule has 0 aliphatic heterocycles. The van der Waals surface area contributed by atoms with Crippen LogP contribution in [0.4, 0.5) is 0 Å². The van der Waals surface area contributed by atoms with Crippen LogP contribution in [0.3, 0.4) is 0 Å².